The van der Waals surface area contributed by atoms with Crippen LogP contribution in [0.4, 0.5) is 13.2 Å². The Kier molecular flexibility index (Phi) is 5.76. The summed E-state index contributed by atoms with van der Waals surface area (Å²) in [6, 6.07) is 6.08. The van der Waals surface area contributed by atoms with Gasteiger partial charge in [-0.3, -0.25) is 0 Å². The summed E-state index contributed by atoms with van der Waals surface area (Å²) < 4.78 is 50.1. The third-order valence-electron chi connectivity index (χ3n) is 6.20. The Hall–Kier alpha value is -3.79. The predicted octanol–water partition coefficient (Wildman–Crippen LogP) is 4.27. The maximum atomic E-state index is 15.2. The molecule has 1 N–H and O–H groups in total. The minimum atomic E-state index is -1.55. The van der Waals surface area contributed by atoms with Crippen molar-refractivity contribution in [1.29, 1.82) is 0 Å². The number of aryl methyl sites for hydroxylation is 1. The van der Waals surface area contributed by atoms with E-state index in [1.54, 1.807) is 27.8 Å². The van der Waals surface area contributed by atoms with Gasteiger partial charge < -0.3 is 24.1 Å². The van der Waals surface area contributed by atoms with Gasteiger partial charge in [0.1, 0.15) is 29.7 Å². The molecule has 1 atom stereocenters. The highest BCUT2D eigenvalue weighted by Crippen LogP contribution is 2.41. The van der Waals surface area contributed by atoms with E-state index in [0.29, 0.717) is 36.5 Å². The number of piperidine rings is 1. The largest absolute Gasteiger partial charge is 0.494 e. The van der Waals surface area contributed by atoms with Gasteiger partial charge in [-0.2, -0.15) is 0 Å². The first-order chi connectivity index (χ1) is 16.8. The van der Waals surface area contributed by atoms with Gasteiger partial charge in [0.05, 0.1) is 19.1 Å². The average Bonchev–Trinajstić information content (AvgIpc) is 3.42. The van der Waals surface area contributed by atoms with Crippen LogP contribution in [-0.2, 0) is 10.6 Å². The Morgan fingerprint density at radius 1 is 1.17 bits per heavy atom. The Bertz CT molecular complexity index is 1330. The highest BCUT2D eigenvalue weighted by molar-refractivity contribution is 6.03. The number of benzene rings is 2. The molecule has 0 spiro atoms. The molecule has 1 unspecified atom stereocenters. The fourth-order valence-corrected chi connectivity index (χ4v) is 4.60. The fraction of sp³-hybridized carbons (Fsp3) is 0.280. The summed E-state index contributed by atoms with van der Waals surface area (Å²) in [4.78, 5) is 11.5. The van der Waals surface area contributed by atoms with Crippen molar-refractivity contribution in [3.8, 4) is 11.4 Å². The molecule has 0 bridgehead atoms. The molecule has 0 amide bonds. The molecule has 7 nitrogen and oxygen atoms in total. The minimum Gasteiger partial charge on any atom is -0.494 e. The van der Waals surface area contributed by atoms with Crippen LogP contribution in [0.1, 0.15) is 29.7 Å². The highest BCUT2D eigenvalue weighted by atomic mass is 19.1. The van der Waals surface area contributed by atoms with E-state index in [-0.39, 0.29) is 11.3 Å². The summed E-state index contributed by atoms with van der Waals surface area (Å²) in [5, 5.41) is 14.4. The molecule has 3 heterocycles. The smallest absolute Gasteiger partial charge is 0.260 e. The maximum absolute atomic E-state index is 15.2. The fourth-order valence-electron chi connectivity index (χ4n) is 4.60. The van der Waals surface area contributed by atoms with Gasteiger partial charge in [-0.1, -0.05) is 5.16 Å². The Morgan fingerprint density at radius 2 is 1.94 bits per heavy atom. The second kappa shape index (κ2) is 8.77. The van der Waals surface area contributed by atoms with Crippen LogP contribution in [0, 0.1) is 24.4 Å². The number of oxime groups is 1. The molecular formula is C25H23F3N4O3. The highest BCUT2D eigenvalue weighted by Gasteiger charge is 2.49. The lowest BCUT2D eigenvalue weighted by Gasteiger charge is -2.38. The van der Waals surface area contributed by atoms with Gasteiger partial charge in [0.2, 0.25) is 0 Å². The molecule has 2 aliphatic heterocycles. The first-order valence-corrected chi connectivity index (χ1v) is 11.1. The number of methoxy groups -OCH3 is 1. The van der Waals surface area contributed by atoms with Gasteiger partial charge in [-0.15, -0.1) is 0 Å². The molecule has 2 aliphatic rings. The SMILES string of the molecule is COc1cc(C=C2CCCN3C2=NOC3(CO)c2cc(F)cc(F)c2)cc(F)c1-n1cnc(C)c1. The third kappa shape index (κ3) is 3.93. The predicted molar refractivity (Wildman–Crippen MR) is 122 cm³/mol. The summed E-state index contributed by atoms with van der Waals surface area (Å²) in [5.74, 6) is -1.32. The number of ether oxygens (including phenoxy) is 1. The molecule has 0 radical (unpaired) electrons. The van der Waals surface area contributed by atoms with Crippen molar-refractivity contribution >= 4 is 11.9 Å². The Morgan fingerprint density at radius 3 is 2.60 bits per heavy atom. The molecule has 1 fully saturated rings. The number of hydrogen-bond donors (Lipinski definition) is 1. The van der Waals surface area contributed by atoms with Crippen LogP contribution in [0.25, 0.3) is 11.8 Å². The van der Waals surface area contributed by atoms with E-state index < -0.39 is 29.8 Å². The lowest BCUT2D eigenvalue weighted by Crippen LogP contribution is -2.51. The molecule has 2 aromatic carbocycles. The average molecular weight is 484 g/mol. The third-order valence-corrected chi connectivity index (χ3v) is 6.20. The standard InChI is InChI=1S/C25H23F3N4O3/c1-15-12-31(14-29-15)23-21(28)7-16(8-22(23)34-2)6-17-4-3-5-32-24(17)30-35-25(32,13-33)18-9-19(26)11-20(27)10-18/h6-12,14,33H,3-5,13H2,1-2H3. The van der Waals surface area contributed by atoms with Crippen LogP contribution in [0.3, 0.4) is 0 Å². The molecular weight excluding hydrogens is 461 g/mol. The van der Waals surface area contributed by atoms with E-state index in [1.807, 2.05) is 6.92 Å². The van der Waals surface area contributed by atoms with E-state index in [1.165, 1.54) is 19.5 Å². The van der Waals surface area contributed by atoms with E-state index in [2.05, 4.69) is 10.1 Å². The van der Waals surface area contributed by atoms with Gasteiger partial charge in [0, 0.05) is 24.4 Å². The first-order valence-electron chi connectivity index (χ1n) is 11.1. The van der Waals surface area contributed by atoms with Gasteiger partial charge in [0.15, 0.2) is 11.7 Å². The van der Waals surface area contributed by atoms with Crippen molar-refractivity contribution in [1.82, 2.24) is 14.5 Å². The van der Waals surface area contributed by atoms with Gasteiger partial charge in [-0.05, 0) is 61.2 Å². The summed E-state index contributed by atoms with van der Waals surface area (Å²) in [6.07, 6.45) is 6.26. The molecule has 35 heavy (non-hydrogen) atoms. The molecule has 5 rings (SSSR count). The molecule has 3 aromatic rings. The van der Waals surface area contributed by atoms with Crippen molar-refractivity contribution in [2.45, 2.75) is 25.5 Å². The van der Waals surface area contributed by atoms with Crippen molar-refractivity contribution in [3.63, 3.8) is 0 Å². The number of aliphatic hydroxyl groups excluding tert-OH is 1. The summed E-state index contributed by atoms with van der Waals surface area (Å²) >= 11 is 0. The summed E-state index contributed by atoms with van der Waals surface area (Å²) in [5.41, 5.74) is 0.822. The number of aliphatic hydroxyl groups is 1. The van der Waals surface area contributed by atoms with Crippen LogP contribution in [0.15, 0.2) is 53.6 Å². The molecule has 10 heteroatoms. The van der Waals surface area contributed by atoms with Crippen molar-refractivity contribution in [2.75, 3.05) is 20.3 Å². The molecule has 0 aliphatic carbocycles. The first kappa shape index (κ1) is 23.0. The zero-order valence-electron chi connectivity index (χ0n) is 19.1. The van der Waals surface area contributed by atoms with Crippen molar-refractivity contribution in [3.05, 3.63) is 82.7 Å². The van der Waals surface area contributed by atoms with Crippen molar-refractivity contribution < 1.29 is 27.9 Å². The quantitative estimate of drug-likeness (QED) is 0.586. The maximum Gasteiger partial charge on any atom is 0.260 e. The number of nitrogens with zero attached hydrogens (tertiary/aromatic N) is 4. The van der Waals surface area contributed by atoms with Crippen LogP contribution < -0.4 is 4.74 Å². The van der Waals surface area contributed by atoms with Crippen LogP contribution in [0.5, 0.6) is 5.75 Å². The topological polar surface area (TPSA) is 72.1 Å². The van der Waals surface area contributed by atoms with E-state index in [0.717, 1.165) is 29.5 Å². The lowest BCUT2D eigenvalue weighted by molar-refractivity contribution is -0.137. The molecule has 182 valence electrons. The number of aromatic nitrogens is 2. The molecule has 0 saturated carbocycles. The lowest BCUT2D eigenvalue weighted by atomic mass is 9.94. The minimum absolute atomic E-state index is 0.116. The van der Waals surface area contributed by atoms with Gasteiger partial charge in [0.25, 0.3) is 5.72 Å². The zero-order valence-corrected chi connectivity index (χ0v) is 19.1. The summed E-state index contributed by atoms with van der Waals surface area (Å²) in [6.45, 7) is 1.69. The van der Waals surface area contributed by atoms with Gasteiger partial charge in [-0.25, -0.2) is 18.2 Å². The Balaban J connectivity index is 1.52. The summed E-state index contributed by atoms with van der Waals surface area (Å²) in [7, 11) is 1.46. The van der Waals surface area contributed by atoms with Crippen LogP contribution in [0.2, 0.25) is 0 Å². The number of imidazole rings is 1. The number of fused-ring (bicyclic) bond motifs is 1. The normalized spacial score (nSPS) is 20.6. The number of hydrogen-bond acceptors (Lipinski definition) is 6. The Labute approximate surface area is 199 Å². The van der Waals surface area contributed by atoms with E-state index >= 15 is 4.39 Å². The molecule has 1 saturated heterocycles. The van der Waals surface area contributed by atoms with E-state index in [9.17, 15) is 13.9 Å². The second-order valence-corrected chi connectivity index (χ2v) is 8.51. The number of rotatable bonds is 5. The van der Waals surface area contributed by atoms with Crippen LogP contribution in [-0.4, -0.2) is 45.7 Å². The number of halogens is 3. The number of amidine groups is 1. The van der Waals surface area contributed by atoms with E-state index in [4.69, 9.17) is 9.57 Å². The van der Waals surface area contributed by atoms with Gasteiger partial charge >= 0.3 is 0 Å². The van der Waals surface area contributed by atoms with Crippen molar-refractivity contribution in [2.24, 2.45) is 5.16 Å². The second-order valence-electron chi connectivity index (χ2n) is 8.51. The van der Waals surface area contributed by atoms with Crippen LogP contribution >= 0.6 is 0 Å². The zero-order chi connectivity index (χ0) is 24.7. The monoisotopic (exact) mass is 484 g/mol. The molecule has 1 aromatic heterocycles.